The first-order valence-electron chi connectivity index (χ1n) is 8.07. The summed E-state index contributed by atoms with van der Waals surface area (Å²) < 4.78 is 28.6. The minimum absolute atomic E-state index is 0.00639. The van der Waals surface area contributed by atoms with Crippen molar-refractivity contribution in [2.24, 2.45) is 0 Å². The number of hydrogen-bond acceptors (Lipinski definition) is 5. The number of aromatic nitrogens is 1. The Labute approximate surface area is 145 Å². The average molecular weight is 364 g/mol. The highest BCUT2D eigenvalue weighted by Gasteiger charge is 2.35. The van der Waals surface area contributed by atoms with Gasteiger partial charge in [-0.2, -0.15) is 0 Å². The molecule has 2 aromatic rings. The van der Waals surface area contributed by atoms with E-state index in [2.05, 4.69) is 4.98 Å². The van der Waals surface area contributed by atoms with Crippen LogP contribution < -0.4 is 10.2 Å². The summed E-state index contributed by atoms with van der Waals surface area (Å²) in [4.78, 5) is 30.1. The van der Waals surface area contributed by atoms with Crippen LogP contribution in [0.25, 0.3) is 10.9 Å². The fourth-order valence-electron chi connectivity index (χ4n) is 3.23. The molecule has 0 bridgehead atoms. The maximum atomic E-state index is 12.9. The second-order valence-electron chi connectivity index (χ2n) is 6.09. The van der Waals surface area contributed by atoms with Crippen molar-refractivity contribution in [1.82, 2.24) is 9.88 Å². The molecule has 0 saturated carbocycles. The lowest BCUT2D eigenvalue weighted by Crippen LogP contribution is -2.42. The Bertz CT molecular complexity index is 980. The molecule has 7 nitrogen and oxygen atoms in total. The fourth-order valence-corrected chi connectivity index (χ4v) is 4.96. The third-order valence-corrected chi connectivity index (χ3v) is 6.32. The number of aromatic amines is 1. The second kappa shape index (κ2) is 6.51. The molecule has 1 N–H and O–H groups in total. The molecular weight excluding hydrogens is 344 g/mol. The summed E-state index contributed by atoms with van der Waals surface area (Å²) in [6.45, 7) is 2.12. The molecule has 0 radical (unpaired) electrons. The quantitative estimate of drug-likeness (QED) is 0.879. The summed E-state index contributed by atoms with van der Waals surface area (Å²) in [5.41, 5.74) is 0.220. The monoisotopic (exact) mass is 364 g/mol. The van der Waals surface area contributed by atoms with Crippen LogP contribution >= 0.6 is 0 Å². The van der Waals surface area contributed by atoms with Crippen LogP contribution in [0.4, 0.5) is 0 Å². The summed E-state index contributed by atoms with van der Waals surface area (Å²) >= 11 is 0. The van der Waals surface area contributed by atoms with Crippen LogP contribution in [0.2, 0.25) is 0 Å². The van der Waals surface area contributed by atoms with Gasteiger partial charge in [-0.3, -0.25) is 9.59 Å². The van der Waals surface area contributed by atoms with Gasteiger partial charge in [0.25, 0.3) is 5.91 Å². The lowest BCUT2D eigenvalue weighted by molar-refractivity contribution is 0.0707. The molecule has 0 aliphatic carbocycles. The van der Waals surface area contributed by atoms with Crippen LogP contribution in [0.1, 0.15) is 23.7 Å². The Kier molecular flexibility index (Phi) is 4.55. The van der Waals surface area contributed by atoms with Gasteiger partial charge in [-0.1, -0.05) is 0 Å². The van der Waals surface area contributed by atoms with E-state index >= 15 is 0 Å². The van der Waals surface area contributed by atoms with Crippen molar-refractivity contribution < 1.29 is 17.9 Å². The van der Waals surface area contributed by atoms with E-state index in [0.717, 1.165) is 0 Å². The molecule has 1 aliphatic rings. The minimum atomic E-state index is -3.12. The molecule has 1 aromatic heterocycles. The lowest BCUT2D eigenvalue weighted by atomic mass is 10.1. The van der Waals surface area contributed by atoms with Crippen LogP contribution in [-0.4, -0.2) is 55.4 Å². The smallest absolute Gasteiger partial charge is 0.259 e. The van der Waals surface area contributed by atoms with Gasteiger partial charge in [0.05, 0.1) is 18.6 Å². The molecule has 1 aliphatic heterocycles. The van der Waals surface area contributed by atoms with E-state index in [1.807, 2.05) is 0 Å². The van der Waals surface area contributed by atoms with E-state index in [1.54, 1.807) is 25.1 Å². The number of nitrogens with zero attached hydrogens (tertiary/aromatic N) is 1. The molecule has 1 fully saturated rings. The normalized spacial score (nSPS) is 19.0. The van der Waals surface area contributed by atoms with Crippen molar-refractivity contribution in [1.29, 1.82) is 0 Å². The highest BCUT2D eigenvalue weighted by atomic mass is 32.2. The van der Waals surface area contributed by atoms with E-state index in [0.29, 0.717) is 29.6 Å². The number of hydrogen-bond donors (Lipinski definition) is 1. The van der Waals surface area contributed by atoms with Gasteiger partial charge in [0, 0.05) is 29.7 Å². The standard InChI is InChI=1S/C17H20N2O5S/c1-3-19(11-6-7-25(22,23)10-11)17(21)14-9-18-15-5-4-12(24-2)8-13(15)16(14)20/h4-5,8-9,11H,3,6-7,10H2,1-2H3,(H,18,20)/t11-/m0/s1. The number of methoxy groups -OCH3 is 1. The number of carbonyl (C=O) groups is 1. The molecule has 25 heavy (non-hydrogen) atoms. The highest BCUT2D eigenvalue weighted by molar-refractivity contribution is 7.91. The highest BCUT2D eigenvalue weighted by Crippen LogP contribution is 2.21. The molecule has 0 unspecified atom stereocenters. The van der Waals surface area contributed by atoms with Crippen molar-refractivity contribution in [3.63, 3.8) is 0 Å². The van der Waals surface area contributed by atoms with Gasteiger partial charge >= 0.3 is 0 Å². The Morgan fingerprint density at radius 3 is 2.76 bits per heavy atom. The van der Waals surface area contributed by atoms with Crippen molar-refractivity contribution in [3.05, 3.63) is 40.2 Å². The number of H-pyrrole nitrogens is 1. The number of rotatable bonds is 4. The van der Waals surface area contributed by atoms with Crippen molar-refractivity contribution in [3.8, 4) is 5.75 Å². The Morgan fingerprint density at radius 2 is 2.16 bits per heavy atom. The van der Waals surface area contributed by atoms with Crippen LogP contribution in [0.15, 0.2) is 29.2 Å². The molecule has 8 heteroatoms. The predicted octanol–water partition coefficient (Wildman–Crippen LogP) is 1.19. The first kappa shape index (κ1) is 17.5. The van der Waals surface area contributed by atoms with Gasteiger partial charge in [0.1, 0.15) is 11.3 Å². The lowest BCUT2D eigenvalue weighted by Gasteiger charge is -2.26. The summed E-state index contributed by atoms with van der Waals surface area (Å²) in [5.74, 6) is 0.103. The van der Waals surface area contributed by atoms with E-state index in [1.165, 1.54) is 18.2 Å². The number of amides is 1. The summed E-state index contributed by atoms with van der Waals surface area (Å²) in [7, 11) is -1.61. The SMILES string of the molecule is CCN(C(=O)c1c[nH]c2ccc(OC)cc2c1=O)[C@H]1CCS(=O)(=O)C1. The molecule has 1 amide bonds. The molecule has 0 spiro atoms. The summed E-state index contributed by atoms with van der Waals surface area (Å²) in [6.07, 6.45) is 1.80. The average Bonchev–Trinajstić information content (AvgIpc) is 2.95. The van der Waals surface area contributed by atoms with Gasteiger partial charge < -0.3 is 14.6 Å². The minimum Gasteiger partial charge on any atom is -0.497 e. The maximum absolute atomic E-state index is 12.9. The zero-order valence-electron chi connectivity index (χ0n) is 14.1. The molecule has 1 aromatic carbocycles. The number of fused-ring (bicyclic) bond motifs is 1. The molecule has 1 saturated heterocycles. The Balaban J connectivity index is 2.01. The number of pyridine rings is 1. The predicted molar refractivity (Wildman–Crippen MR) is 94.9 cm³/mol. The fraction of sp³-hybridized carbons (Fsp3) is 0.412. The third kappa shape index (κ3) is 3.26. The van der Waals surface area contributed by atoms with Crippen LogP contribution in [0.5, 0.6) is 5.75 Å². The van der Waals surface area contributed by atoms with Gasteiger partial charge in [0.2, 0.25) is 5.43 Å². The zero-order valence-corrected chi connectivity index (χ0v) is 14.9. The van der Waals surface area contributed by atoms with Crippen LogP contribution in [0, 0.1) is 0 Å². The third-order valence-electron chi connectivity index (χ3n) is 4.57. The van der Waals surface area contributed by atoms with E-state index in [9.17, 15) is 18.0 Å². The van der Waals surface area contributed by atoms with Gasteiger partial charge in [0.15, 0.2) is 9.84 Å². The molecule has 3 rings (SSSR count). The van der Waals surface area contributed by atoms with Crippen LogP contribution in [-0.2, 0) is 9.84 Å². The Morgan fingerprint density at radius 1 is 1.40 bits per heavy atom. The molecule has 2 heterocycles. The van der Waals surface area contributed by atoms with E-state index in [-0.39, 0.29) is 23.1 Å². The largest absolute Gasteiger partial charge is 0.497 e. The van der Waals surface area contributed by atoms with Gasteiger partial charge in [-0.05, 0) is 31.5 Å². The first-order valence-corrected chi connectivity index (χ1v) is 9.89. The van der Waals surface area contributed by atoms with Crippen molar-refractivity contribution >= 4 is 26.6 Å². The van der Waals surface area contributed by atoms with E-state index in [4.69, 9.17) is 4.74 Å². The molecule has 134 valence electrons. The zero-order chi connectivity index (χ0) is 18.2. The van der Waals surface area contributed by atoms with Gasteiger partial charge in [-0.25, -0.2) is 8.42 Å². The summed E-state index contributed by atoms with van der Waals surface area (Å²) in [5, 5.41) is 0.361. The number of ether oxygens (including phenoxy) is 1. The number of benzene rings is 1. The maximum Gasteiger partial charge on any atom is 0.259 e. The van der Waals surface area contributed by atoms with Crippen LogP contribution in [0.3, 0.4) is 0 Å². The summed E-state index contributed by atoms with van der Waals surface area (Å²) in [6, 6.07) is 4.64. The van der Waals surface area contributed by atoms with Crippen molar-refractivity contribution in [2.75, 3.05) is 25.2 Å². The number of carbonyl (C=O) groups excluding carboxylic acids is 1. The Hall–Kier alpha value is -2.35. The molecule has 1 atom stereocenters. The molecular formula is C17H20N2O5S. The second-order valence-corrected chi connectivity index (χ2v) is 8.32. The van der Waals surface area contributed by atoms with Crippen molar-refractivity contribution in [2.45, 2.75) is 19.4 Å². The number of nitrogens with one attached hydrogen (secondary N) is 1. The first-order chi connectivity index (χ1) is 11.9. The number of sulfone groups is 1. The van der Waals surface area contributed by atoms with Gasteiger partial charge in [-0.15, -0.1) is 0 Å². The van der Waals surface area contributed by atoms with E-state index < -0.39 is 21.2 Å². The topological polar surface area (TPSA) is 96.5 Å².